The maximum absolute atomic E-state index is 6.81. The minimum absolute atomic E-state index is 0.884. The minimum atomic E-state index is 0.884. The molecule has 0 aliphatic carbocycles. The van der Waals surface area contributed by atoms with Gasteiger partial charge < -0.3 is 9.32 Å². The van der Waals surface area contributed by atoms with Crippen molar-refractivity contribution < 1.29 is 4.42 Å². The molecule has 0 bridgehead atoms. The van der Waals surface area contributed by atoms with E-state index in [2.05, 4.69) is 193 Å². The third-order valence-corrected chi connectivity index (χ3v) is 10.0. The zero-order valence-corrected chi connectivity index (χ0v) is 27.3. The van der Waals surface area contributed by atoms with Gasteiger partial charge in [-0.2, -0.15) is 0 Å². The molecule has 0 amide bonds. The van der Waals surface area contributed by atoms with E-state index in [1.165, 1.54) is 38.2 Å². The average molecular weight is 638 g/mol. The van der Waals surface area contributed by atoms with Crippen LogP contribution >= 0.6 is 0 Å². The lowest BCUT2D eigenvalue weighted by Gasteiger charge is -2.30. The van der Waals surface area contributed by atoms with Crippen LogP contribution in [0, 0.1) is 0 Å². The summed E-state index contributed by atoms with van der Waals surface area (Å²) >= 11 is 0. The highest BCUT2D eigenvalue weighted by Crippen LogP contribution is 2.49. The normalized spacial score (nSPS) is 11.6. The van der Waals surface area contributed by atoms with E-state index in [1.807, 2.05) is 0 Å². The van der Waals surface area contributed by atoms with Crippen LogP contribution in [0.4, 0.5) is 17.1 Å². The summed E-state index contributed by atoms with van der Waals surface area (Å²) in [6, 6.07) is 67.5. The Balaban J connectivity index is 1.33. The number of furan rings is 1. The van der Waals surface area contributed by atoms with Crippen LogP contribution in [0.3, 0.4) is 0 Å². The molecule has 10 rings (SSSR count). The molecular weight excluding hydrogens is 607 g/mol. The number of hydrogen-bond acceptors (Lipinski definition) is 2. The van der Waals surface area contributed by atoms with E-state index < -0.39 is 0 Å². The molecule has 50 heavy (non-hydrogen) atoms. The Bertz CT molecular complexity index is 2880. The topological polar surface area (TPSA) is 16.4 Å². The first-order valence-corrected chi connectivity index (χ1v) is 17.1. The van der Waals surface area contributed by atoms with Crippen molar-refractivity contribution in [3.63, 3.8) is 0 Å². The number of nitrogens with zero attached hydrogens (tertiary/aromatic N) is 1. The summed E-state index contributed by atoms with van der Waals surface area (Å²) in [5, 5.41) is 9.28. The summed E-state index contributed by atoms with van der Waals surface area (Å²) in [5.74, 6) is 0. The molecule has 0 aliphatic rings. The molecule has 1 aromatic heterocycles. The van der Waals surface area contributed by atoms with E-state index in [-0.39, 0.29) is 0 Å². The van der Waals surface area contributed by atoms with Crippen molar-refractivity contribution in [2.45, 2.75) is 0 Å². The van der Waals surface area contributed by atoms with Crippen LogP contribution in [-0.4, -0.2) is 0 Å². The predicted molar refractivity (Wildman–Crippen MR) is 212 cm³/mol. The number of rotatable bonds is 5. The maximum Gasteiger partial charge on any atom is 0.143 e. The fraction of sp³-hybridized carbons (Fsp3) is 0. The van der Waals surface area contributed by atoms with Gasteiger partial charge in [-0.1, -0.05) is 158 Å². The molecular formula is C48H31NO. The zero-order chi connectivity index (χ0) is 33.0. The van der Waals surface area contributed by atoms with E-state index in [4.69, 9.17) is 4.42 Å². The second-order valence-electron chi connectivity index (χ2n) is 12.9. The molecule has 0 fully saturated rings. The highest BCUT2D eigenvalue weighted by molar-refractivity contribution is 6.23. The first kappa shape index (κ1) is 28.4. The Morgan fingerprint density at radius 2 is 0.980 bits per heavy atom. The van der Waals surface area contributed by atoms with Crippen molar-refractivity contribution in [3.8, 4) is 22.3 Å². The monoisotopic (exact) mass is 637 g/mol. The van der Waals surface area contributed by atoms with Crippen molar-refractivity contribution >= 4 is 71.3 Å². The van der Waals surface area contributed by atoms with Gasteiger partial charge in [-0.05, 0) is 63.2 Å². The van der Waals surface area contributed by atoms with Gasteiger partial charge in [-0.15, -0.1) is 0 Å². The lowest BCUT2D eigenvalue weighted by atomic mass is 9.95. The number of anilines is 3. The highest BCUT2D eigenvalue weighted by atomic mass is 16.3. The fourth-order valence-electron chi connectivity index (χ4n) is 7.73. The van der Waals surface area contributed by atoms with Gasteiger partial charge in [0.05, 0.1) is 17.1 Å². The molecule has 10 aromatic rings. The number of fused-ring (bicyclic) bond motifs is 7. The first-order chi connectivity index (χ1) is 24.8. The summed E-state index contributed by atoms with van der Waals surface area (Å²) in [6.45, 7) is 0. The van der Waals surface area contributed by atoms with Crippen LogP contribution in [0.15, 0.2) is 192 Å². The predicted octanol–water partition coefficient (Wildman–Crippen LogP) is 13.8. The average Bonchev–Trinajstić information content (AvgIpc) is 3.58. The molecule has 0 saturated carbocycles. The molecule has 0 saturated heterocycles. The van der Waals surface area contributed by atoms with Gasteiger partial charge in [0, 0.05) is 32.5 Å². The Morgan fingerprint density at radius 3 is 1.86 bits per heavy atom. The largest absolute Gasteiger partial charge is 0.455 e. The van der Waals surface area contributed by atoms with Crippen molar-refractivity contribution in [2.75, 3.05) is 4.90 Å². The second-order valence-corrected chi connectivity index (χ2v) is 12.9. The van der Waals surface area contributed by atoms with Gasteiger partial charge >= 0.3 is 0 Å². The van der Waals surface area contributed by atoms with Crippen molar-refractivity contribution in [3.05, 3.63) is 188 Å². The van der Waals surface area contributed by atoms with Gasteiger partial charge in [0.25, 0.3) is 0 Å². The summed E-state index contributed by atoms with van der Waals surface area (Å²) in [4.78, 5) is 2.46. The standard InChI is InChI=1S/C48H31NO/c1-2-15-33(16-3-1)37-21-10-11-25-43(37)49(44-26-12-19-34-17-6-7-20-38(34)44)45-31-42-47-39(36-29-28-32-14-4-5-18-35(32)30-36)24-13-27-46(47)50-48(42)41-23-9-8-22-40(41)45/h1-31H. The minimum Gasteiger partial charge on any atom is -0.455 e. The molecule has 0 radical (unpaired) electrons. The van der Waals surface area contributed by atoms with Crippen LogP contribution in [-0.2, 0) is 0 Å². The van der Waals surface area contributed by atoms with E-state index in [0.717, 1.165) is 55.3 Å². The van der Waals surface area contributed by atoms with Crippen LogP contribution in [0.2, 0.25) is 0 Å². The second kappa shape index (κ2) is 11.5. The van der Waals surface area contributed by atoms with Gasteiger partial charge in [0.2, 0.25) is 0 Å². The van der Waals surface area contributed by atoms with Crippen molar-refractivity contribution in [2.24, 2.45) is 0 Å². The molecule has 9 aromatic carbocycles. The molecule has 234 valence electrons. The lowest BCUT2D eigenvalue weighted by Crippen LogP contribution is -2.12. The Labute approximate surface area is 290 Å². The van der Waals surface area contributed by atoms with Crippen molar-refractivity contribution in [1.29, 1.82) is 0 Å². The zero-order valence-electron chi connectivity index (χ0n) is 27.3. The summed E-state index contributed by atoms with van der Waals surface area (Å²) in [7, 11) is 0. The molecule has 2 nitrogen and oxygen atoms in total. The Kier molecular flexibility index (Phi) is 6.53. The highest BCUT2D eigenvalue weighted by Gasteiger charge is 2.24. The molecule has 0 atom stereocenters. The van der Waals surface area contributed by atoms with E-state index in [9.17, 15) is 0 Å². The van der Waals surface area contributed by atoms with Crippen LogP contribution in [0.1, 0.15) is 0 Å². The van der Waals surface area contributed by atoms with Crippen molar-refractivity contribution in [1.82, 2.24) is 0 Å². The van der Waals surface area contributed by atoms with Gasteiger partial charge in [-0.3, -0.25) is 0 Å². The Morgan fingerprint density at radius 1 is 0.340 bits per heavy atom. The van der Waals surface area contributed by atoms with Crippen LogP contribution in [0.25, 0.3) is 76.5 Å². The molecule has 0 unspecified atom stereocenters. The van der Waals surface area contributed by atoms with Gasteiger partial charge in [0.15, 0.2) is 0 Å². The number of hydrogen-bond donors (Lipinski definition) is 0. The van der Waals surface area contributed by atoms with E-state index in [0.29, 0.717) is 0 Å². The van der Waals surface area contributed by atoms with E-state index >= 15 is 0 Å². The summed E-state index contributed by atoms with van der Waals surface area (Å²) in [5.41, 5.74) is 9.80. The molecule has 0 spiro atoms. The fourth-order valence-corrected chi connectivity index (χ4v) is 7.73. The van der Waals surface area contributed by atoms with Crippen LogP contribution < -0.4 is 4.90 Å². The quantitative estimate of drug-likeness (QED) is 0.187. The van der Waals surface area contributed by atoms with Gasteiger partial charge in [0.1, 0.15) is 11.2 Å². The number of benzene rings is 9. The maximum atomic E-state index is 6.81. The first-order valence-electron chi connectivity index (χ1n) is 17.1. The number of para-hydroxylation sites is 1. The molecule has 2 heteroatoms. The molecule has 1 heterocycles. The van der Waals surface area contributed by atoms with Gasteiger partial charge in [-0.25, -0.2) is 0 Å². The van der Waals surface area contributed by atoms with E-state index in [1.54, 1.807) is 0 Å². The SMILES string of the molecule is c1ccc(-c2ccccc2N(c2cccc3ccccc23)c2cc3c(oc4cccc(-c5ccc6ccccc6c5)c43)c3ccccc23)cc1. The molecule has 0 aliphatic heterocycles. The summed E-state index contributed by atoms with van der Waals surface area (Å²) in [6.07, 6.45) is 0. The Hall–Kier alpha value is -6.64. The summed E-state index contributed by atoms with van der Waals surface area (Å²) < 4.78 is 6.81. The molecule has 0 N–H and O–H groups in total. The third kappa shape index (κ3) is 4.50. The lowest BCUT2D eigenvalue weighted by molar-refractivity contribution is 0.673. The third-order valence-electron chi connectivity index (χ3n) is 10.0. The smallest absolute Gasteiger partial charge is 0.143 e. The van der Waals surface area contributed by atoms with Crippen LogP contribution in [0.5, 0.6) is 0 Å².